The predicted octanol–water partition coefficient (Wildman–Crippen LogP) is 1.42. The molecule has 3 rings (SSSR count). The van der Waals surface area contributed by atoms with E-state index in [4.69, 9.17) is 0 Å². The van der Waals surface area contributed by atoms with Gasteiger partial charge in [-0.2, -0.15) is 4.31 Å². The summed E-state index contributed by atoms with van der Waals surface area (Å²) in [5.41, 5.74) is 0.186. The van der Waals surface area contributed by atoms with Crippen LogP contribution in [0.5, 0.6) is 0 Å². The molecule has 148 valence electrons. The fourth-order valence-electron chi connectivity index (χ4n) is 4.00. The van der Waals surface area contributed by atoms with Crippen molar-refractivity contribution in [1.82, 2.24) is 9.62 Å². The lowest BCUT2D eigenvalue weighted by atomic mass is 9.93. The van der Waals surface area contributed by atoms with E-state index in [1.807, 2.05) is 25.1 Å². The molecule has 1 aromatic carbocycles. The molecular formula is C19H27N3O4S. The maximum Gasteiger partial charge on any atom is 0.247 e. The van der Waals surface area contributed by atoms with Crippen LogP contribution in [0.15, 0.2) is 24.3 Å². The number of aryl methyl sites for hydroxylation is 1. The molecule has 1 saturated heterocycles. The van der Waals surface area contributed by atoms with Gasteiger partial charge in [0.05, 0.1) is 12.8 Å². The van der Waals surface area contributed by atoms with E-state index in [0.29, 0.717) is 5.69 Å². The van der Waals surface area contributed by atoms with E-state index in [1.165, 1.54) is 4.90 Å². The zero-order valence-electron chi connectivity index (χ0n) is 16.1. The third kappa shape index (κ3) is 3.87. The molecule has 1 N–H and O–H groups in total. The second-order valence-corrected chi connectivity index (χ2v) is 9.76. The van der Waals surface area contributed by atoms with Crippen LogP contribution in [0.3, 0.4) is 0 Å². The fourth-order valence-corrected chi connectivity index (χ4v) is 4.83. The molecule has 0 bridgehead atoms. The average molecular weight is 394 g/mol. The number of carbonyl (C=O) groups is 2. The van der Waals surface area contributed by atoms with E-state index < -0.39 is 21.5 Å². The number of sulfonamides is 1. The number of rotatable bonds is 4. The smallest absolute Gasteiger partial charge is 0.247 e. The molecule has 8 heteroatoms. The molecule has 7 nitrogen and oxygen atoms in total. The summed E-state index contributed by atoms with van der Waals surface area (Å²) in [7, 11) is -3.60. The van der Waals surface area contributed by atoms with Crippen LogP contribution < -0.4 is 10.2 Å². The lowest BCUT2D eigenvalue weighted by molar-refractivity contribution is -0.133. The van der Waals surface area contributed by atoms with E-state index >= 15 is 0 Å². The van der Waals surface area contributed by atoms with Gasteiger partial charge in [0, 0.05) is 18.3 Å². The predicted molar refractivity (Wildman–Crippen MR) is 104 cm³/mol. The van der Waals surface area contributed by atoms with Gasteiger partial charge in [-0.05, 0) is 38.3 Å². The Labute approximate surface area is 160 Å². The SMILES string of the molecule is Cc1ccccc1N1C(=O)CN(S(C)(=O)=O)CC1(C)C(=O)NC1CCCC1. The largest absolute Gasteiger partial charge is 0.351 e. The Morgan fingerprint density at radius 3 is 2.44 bits per heavy atom. The molecule has 1 atom stereocenters. The van der Waals surface area contributed by atoms with E-state index in [1.54, 1.807) is 13.0 Å². The summed E-state index contributed by atoms with van der Waals surface area (Å²) in [5.74, 6) is -0.704. The fraction of sp³-hybridized carbons (Fsp3) is 0.579. The van der Waals surface area contributed by atoms with Crippen molar-refractivity contribution in [3.63, 3.8) is 0 Å². The lowest BCUT2D eigenvalue weighted by Gasteiger charge is -2.47. The van der Waals surface area contributed by atoms with Gasteiger partial charge >= 0.3 is 0 Å². The number of hydrogen-bond acceptors (Lipinski definition) is 4. The average Bonchev–Trinajstić information content (AvgIpc) is 3.08. The first-order chi connectivity index (χ1) is 12.6. The first-order valence-electron chi connectivity index (χ1n) is 9.28. The molecular weight excluding hydrogens is 366 g/mol. The first-order valence-corrected chi connectivity index (χ1v) is 11.1. The Morgan fingerprint density at radius 2 is 1.85 bits per heavy atom. The van der Waals surface area contributed by atoms with Crippen LogP contribution in [0.4, 0.5) is 5.69 Å². The molecule has 2 aliphatic rings. The van der Waals surface area contributed by atoms with Crippen LogP contribution in [-0.2, 0) is 19.6 Å². The highest BCUT2D eigenvalue weighted by Gasteiger charge is 2.50. The normalized spacial score (nSPS) is 25.0. The number of nitrogens with one attached hydrogen (secondary N) is 1. The summed E-state index contributed by atoms with van der Waals surface area (Å²) < 4.78 is 25.3. The van der Waals surface area contributed by atoms with Gasteiger partial charge in [0.2, 0.25) is 21.8 Å². The van der Waals surface area contributed by atoms with Crippen molar-refractivity contribution in [2.24, 2.45) is 0 Å². The van der Waals surface area contributed by atoms with Crippen molar-refractivity contribution >= 4 is 27.5 Å². The molecule has 0 radical (unpaired) electrons. The van der Waals surface area contributed by atoms with Crippen LogP contribution in [-0.4, -0.2) is 55.5 Å². The van der Waals surface area contributed by atoms with Crippen LogP contribution in [0.2, 0.25) is 0 Å². The molecule has 1 aliphatic heterocycles. The van der Waals surface area contributed by atoms with Gasteiger partial charge in [0.1, 0.15) is 5.54 Å². The van der Waals surface area contributed by atoms with E-state index in [2.05, 4.69) is 5.32 Å². The third-order valence-electron chi connectivity index (χ3n) is 5.54. The van der Waals surface area contributed by atoms with Gasteiger partial charge in [0.25, 0.3) is 0 Å². The van der Waals surface area contributed by atoms with Crippen LogP contribution >= 0.6 is 0 Å². The molecule has 2 fully saturated rings. The molecule has 1 aliphatic carbocycles. The number of hydrogen-bond donors (Lipinski definition) is 1. The number of amides is 2. The number of anilines is 1. The van der Waals surface area contributed by atoms with Gasteiger partial charge in [-0.3, -0.25) is 14.5 Å². The maximum absolute atomic E-state index is 13.3. The highest BCUT2D eigenvalue weighted by Crippen LogP contribution is 2.33. The second-order valence-electron chi connectivity index (χ2n) is 7.78. The van der Waals surface area contributed by atoms with Crippen molar-refractivity contribution in [2.45, 2.75) is 51.1 Å². The minimum Gasteiger partial charge on any atom is -0.351 e. The van der Waals surface area contributed by atoms with Crippen molar-refractivity contribution in [1.29, 1.82) is 0 Å². The summed E-state index contributed by atoms with van der Waals surface area (Å²) in [6.45, 7) is 3.20. The van der Waals surface area contributed by atoms with Crippen LogP contribution in [0.25, 0.3) is 0 Å². The highest BCUT2D eigenvalue weighted by atomic mass is 32.2. The van der Waals surface area contributed by atoms with E-state index in [9.17, 15) is 18.0 Å². The number of carbonyl (C=O) groups excluding carboxylic acids is 2. The molecule has 0 aromatic heterocycles. The molecule has 0 spiro atoms. The minimum atomic E-state index is -3.60. The summed E-state index contributed by atoms with van der Waals surface area (Å²) in [6, 6.07) is 7.43. The zero-order chi connectivity index (χ0) is 19.8. The Morgan fingerprint density at radius 1 is 1.22 bits per heavy atom. The van der Waals surface area contributed by atoms with E-state index in [-0.39, 0.29) is 25.0 Å². The minimum absolute atomic E-state index is 0.0650. The molecule has 1 saturated carbocycles. The number of para-hydroxylation sites is 1. The summed E-state index contributed by atoms with van der Waals surface area (Å²) in [5, 5.41) is 3.05. The maximum atomic E-state index is 13.3. The van der Waals surface area contributed by atoms with Gasteiger partial charge in [-0.1, -0.05) is 31.0 Å². The van der Waals surface area contributed by atoms with Gasteiger partial charge in [-0.15, -0.1) is 0 Å². The Kier molecular flexibility index (Phi) is 5.31. The monoisotopic (exact) mass is 393 g/mol. The standard InChI is InChI=1S/C19H27N3O4S/c1-14-8-4-7-11-16(14)22-17(23)12-21(27(3,25)26)13-19(22,2)18(24)20-15-9-5-6-10-15/h4,7-8,11,15H,5-6,9-10,12-13H2,1-3H3,(H,20,24). The second kappa shape index (κ2) is 7.24. The Balaban J connectivity index is 2.02. The van der Waals surface area contributed by atoms with Gasteiger partial charge in [0.15, 0.2) is 0 Å². The van der Waals surface area contributed by atoms with Crippen molar-refractivity contribution < 1.29 is 18.0 Å². The van der Waals surface area contributed by atoms with Crippen molar-refractivity contribution in [2.75, 3.05) is 24.2 Å². The lowest BCUT2D eigenvalue weighted by Crippen LogP contribution is -2.70. The van der Waals surface area contributed by atoms with Crippen molar-refractivity contribution in [3.8, 4) is 0 Å². The summed E-state index contributed by atoms with van der Waals surface area (Å²) >= 11 is 0. The quantitative estimate of drug-likeness (QED) is 0.838. The van der Waals surface area contributed by atoms with Crippen LogP contribution in [0.1, 0.15) is 38.2 Å². The van der Waals surface area contributed by atoms with Gasteiger partial charge < -0.3 is 5.32 Å². The van der Waals surface area contributed by atoms with Crippen LogP contribution in [0, 0.1) is 6.92 Å². The molecule has 1 unspecified atom stereocenters. The first kappa shape index (κ1) is 19.8. The molecule has 27 heavy (non-hydrogen) atoms. The summed E-state index contributed by atoms with van der Waals surface area (Å²) in [4.78, 5) is 27.7. The van der Waals surface area contributed by atoms with Gasteiger partial charge in [-0.25, -0.2) is 8.42 Å². The number of piperazine rings is 1. The van der Waals surface area contributed by atoms with Crippen molar-refractivity contribution in [3.05, 3.63) is 29.8 Å². The number of nitrogens with zero attached hydrogens (tertiary/aromatic N) is 2. The number of benzene rings is 1. The molecule has 2 amide bonds. The Hall–Kier alpha value is -1.93. The third-order valence-corrected chi connectivity index (χ3v) is 6.74. The molecule has 1 aromatic rings. The Bertz CT molecular complexity index is 848. The molecule has 1 heterocycles. The topological polar surface area (TPSA) is 86.8 Å². The summed E-state index contributed by atoms with van der Waals surface area (Å²) in [6.07, 6.45) is 5.03. The zero-order valence-corrected chi connectivity index (χ0v) is 16.9. The highest BCUT2D eigenvalue weighted by molar-refractivity contribution is 7.88. The van der Waals surface area contributed by atoms with E-state index in [0.717, 1.165) is 41.8 Å².